The minimum Gasteiger partial charge on any atom is -0.381 e. The summed E-state index contributed by atoms with van der Waals surface area (Å²) in [4.78, 5) is 6.97. The van der Waals surface area contributed by atoms with E-state index in [2.05, 4.69) is 36.2 Å². The number of rotatable bonds is 8. The molecule has 3 aromatic rings. The number of alkyl halides is 2. The highest BCUT2D eigenvalue weighted by Gasteiger charge is 2.32. The van der Waals surface area contributed by atoms with Gasteiger partial charge in [0.15, 0.2) is 5.82 Å². The first kappa shape index (κ1) is 24.2. The highest BCUT2D eigenvalue weighted by molar-refractivity contribution is 5.92. The molecule has 182 valence electrons. The van der Waals surface area contributed by atoms with E-state index in [1.807, 2.05) is 26.1 Å². The van der Waals surface area contributed by atoms with Crippen LogP contribution < -0.4 is 10.2 Å². The number of ether oxygens (including phenoxy) is 2. The molecule has 1 saturated heterocycles. The summed E-state index contributed by atoms with van der Waals surface area (Å²) in [6.07, 6.45) is 4.10. The number of benzene rings is 1. The van der Waals surface area contributed by atoms with Gasteiger partial charge in [-0.05, 0) is 44.4 Å². The Kier molecular flexibility index (Phi) is 7.23. The molecule has 2 aromatic heterocycles. The molecule has 7 nitrogen and oxygen atoms in total. The summed E-state index contributed by atoms with van der Waals surface area (Å²) in [5, 5.41) is 12.8. The number of hydrogen-bond acceptors (Lipinski definition) is 7. The average Bonchev–Trinajstić information content (AvgIpc) is 2.85. The van der Waals surface area contributed by atoms with Crippen molar-refractivity contribution in [3.8, 4) is 0 Å². The number of piperidine rings is 1. The predicted molar refractivity (Wildman–Crippen MR) is 129 cm³/mol. The molecule has 3 heterocycles. The van der Waals surface area contributed by atoms with E-state index in [1.54, 1.807) is 13.2 Å². The zero-order valence-corrected chi connectivity index (χ0v) is 20.0. The van der Waals surface area contributed by atoms with Crippen LogP contribution in [0.2, 0.25) is 0 Å². The van der Waals surface area contributed by atoms with Crippen LogP contribution in [0.5, 0.6) is 0 Å². The van der Waals surface area contributed by atoms with Crippen LogP contribution in [-0.2, 0) is 15.4 Å². The Balaban J connectivity index is 1.61. The van der Waals surface area contributed by atoms with Gasteiger partial charge in [0.1, 0.15) is 6.61 Å². The number of hydrogen-bond donors (Lipinski definition) is 1. The number of aryl methyl sites for hydroxylation is 1. The van der Waals surface area contributed by atoms with E-state index in [0.717, 1.165) is 53.8 Å². The highest BCUT2D eigenvalue weighted by atomic mass is 19.3. The first-order valence-corrected chi connectivity index (χ1v) is 11.5. The van der Waals surface area contributed by atoms with Gasteiger partial charge in [-0.3, -0.25) is 4.98 Å². The lowest BCUT2D eigenvalue weighted by molar-refractivity contribution is -0.0698. The molecule has 0 radical (unpaired) electrons. The van der Waals surface area contributed by atoms with Crippen molar-refractivity contribution in [1.29, 1.82) is 0 Å². The lowest BCUT2D eigenvalue weighted by Crippen LogP contribution is -2.36. The normalized spacial score (nSPS) is 16.1. The van der Waals surface area contributed by atoms with Crippen LogP contribution >= 0.6 is 0 Å². The summed E-state index contributed by atoms with van der Waals surface area (Å²) in [7, 11) is 3.03. The van der Waals surface area contributed by atoms with Crippen molar-refractivity contribution in [2.24, 2.45) is 0 Å². The predicted octanol–water partition coefficient (Wildman–Crippen LogP) is 4.86. The van der Waals surface area contributed by atoms with E-state index in [-0.39, 0.29) is 11.6 Å². The second-order valence-corrected chi connectivity index (χ2v) is 8.77. The molecule has 0 spiro atoms. The molecule has 4 rings (SSSR count). The molecule has 0 aliphatic carbocycles. The topological polar surface area (TPSA) is 72.4 Å². The lowest BCUT2D eigenvalue weighted by Gasteiger charge is -2.32. The maximum Gasteiger partial charge on any atom is 0.296 e. The molecule has 1 fully saturated rings. The Hall–Kier alpha value is -2.91. The van der Waals surface area contributed by atoms with Gasteiger partial charge in [-0.2, -0.15) is 13.9 Å². The molecule has 0 bridgehead atoms. The fraction of sp³-hybridized carbons (Fsp3) is 0.480. The maximum absolute atomic E-state index is 14.4. The van der Waals surface area contributed by atoms with Crippen LogP contribution in [0.25, 0.3) is 10.9 Å². The van der Waals surface area contributed by atoms with Gasteiger partial charge in [0.05, 0.1) is 35.2 Å². The van der Waals surface area contributed by atoms with Crippen molar-refractivity contribution in [2.75, 3.05) is 44.1 Å². The zero-order valence-electron chi connectivity index (χ0n) is 20.0. The number of nitrogens with zero attached hydrogens (tertiary/aromatic N) is 4. The fourth-order valence-electron chi connectivity index (χ4n) is 4.37. The molecule has 9 heteroatoms. The Labute approximate surface area is 198 Å². The van der Waals surface area contributed by atoms with Gasteiger partial charge in [-0.25, -0.2) is 0 Å². The summed E-state index contributed by atoms with van der Waals surface area (Å²) < 4.78 is 38.9. The lowest BCUT2D eigenvalue weighted by atomic mass is 10.0. The number of aromatic nitrogens is 3. The third kappa shape index (κ3) is 5.10. The molecule has 0 unspecified atom stereocenters. The number of halogens is 2. The third-order valence-electron chi connectivity index (χ3n) is 6.40. The minimum atomic E-state index is -3.06. The van der Waals surface area contributed by atoms with Crippen molar-refractivity contribution in [3.05, 3.63) is 53.3 Å². The molecule has 1 aliphatic rings. The fourth-order valence-corrected chi connectivity index (χ4v) is 4.37. The molecule has 1 aliphatic heterocycles. The Bertz CT molecular complexity index is 1140. The van der Waals surface area contributed by atoms with Crippen LogP contribution in [-0.4, -0.2) is 55.2 Å². The van der Waals surface area contributed by atoms with Gasteiger partial charge in [0.25, 0.3) is 5.92 Å². The van der Waals surface area contributed by atoms with Crippen LogP contribution in [0.4, 0.5) is 20.3 Å². The number of fused-ring (bicyclic) bond motifs is 1. The van der Waals surface area contributed by atoms with Crippen molar-refractivity contribution >= 4 is 22.4 Å². The minimum absolute atomic E-state index is 0.0798. The Morgan fingerprint density at radius 2 is 1.94 bits per heavy atom. The first-order valence-electron chi connectivity index (χ1n) is 11.5. The first-order chi connectivity index (χ1) is 16.3. The summed E-state index contributed by atoms with van der Waals surface area (Å²) in [6, 6.07) is 8.17. The van der Waals surface area contributed by atoms with E-state index in [4.69, 9.17) is 4.74 Å². The van der Waals surface area contributed by atoms with Crippen LogP contribution in [0.15, 0.2) is 36.5 Å². The number of pyridine rings is 1. The summed E-state index contributed by atoms with van der Waals surface area (Å²) >= 11 is 0. The van der Waals surface area contributed by atoms with Crippen molar-refractivity contribution < 1.29 is 18.3 Å². The Morgan fingerprint density at radius 3 is 2.65 bits per heavy atom. The van der Waals surface area contributed by atoms with Crippen LogP contribution in [0, 0.1) is 6.92 Å². The quantitative estimate of drug-likeness (QED) is 0.503. The van der Waals surface area contributed by atoms with E-state index < -0.39 is 12.5 Å². The van der Waals surface area contributed by atoms with Gasteiger partial charge >= 0.3 is 0 Å². The van der Waals surface area contributed by atoms with Gasteiger partial charge in [-0.1, -0.05) is 18.2 Å². The molecule has 1 atom stereocenters. The molecule has 1 aromatic carbocycles. The molecule has 0 amide bonds. The highest BCUT2D eigenvalue weighted by Crippen LogP contribution is 2.32. The summed E-state index contributed by atoms with van der Waals surface area (Å²) in [5.41, 5.74) is 3.16. The van der Waals surface area contributed by atoms with Crippen molar-refractivity contribution in [1.82, 2.24) is 15.2 Å². The van der Waals surface area contributed by atoms with E-state index in [9.17, 15) is 8.78 Å². The standard InChI is InChI=1S/C25H31F2N5O2/c1-16(18-6-5-7-19(12-18)25(26,27)15-33-3)29-24-22-13-20(14-28-23(22)17(2)30-31-24)32-10-8-21(34-4)9-11-32/h5-7,12-14,16,21H,8-11,15H2,1-4H3,(H,29,31)/t16-/m1/s1. The zero-order chi connectivity index (χ0) is 24.3. The van der Waals surface area contributed by atoms with E-state index in [1.165, 1.54) is 19.2 Å². The smallest absolute Gasteiger partial charge is 0.296 e. The number of anilines is 2. The third-order valence-corrected chi connectivity index (χ3v) is 6.40. The molecule has 1 N–H and O–H groups in total. The SMILES string of the molecule is COCC(F)(F)c1cccc([C@@H](C)Nc2nnc(C)c3ncc(N4CCC(OC)CC4)cc23)c1. The second kappa shape index (κ2) is 10.1. The number of methoxy groups -OCH3 is 2. The molecular formula is C25H31F2N5O2. The van der Waals surface area contributed by atoms with Crippen molar-refractivity contribution in [3.63, 3.8) is 0 Å². The van der Waals surface area contributed by atoms with Gasteiger partial charge < -0.3 is 19.7 Å². The number of nitrogens with one attached hydrogen (secondary N) is 1. The van der Waals surface area contributed by atoms with Crippen LogP contribution in [0.3, 0.4) is 0 Å². The van der Waals surface area contributed by atoms with Crippen molar-refractivity contribution in [2.45, 2.75) is 44.8 Å². The summed E-state index contributed by atoms with van der Waals surface area (Å²) in [6.45, 7) is 4.91. The van der Waals surface area contributed by atoms with Gasteiger partial charge in [0.2, 0.25) is 0 Å². The van der Waals surface area contributed by atoms with Gasteiger partial charge in [-0.15, -0.1) is 5.10 Å². The molecule has 34 heavy (non-hydrogen) atoms. The van der Waals surface area contributed by atoms with E-state index >= 15 is 0 Å². The maximum atomic E-state index is 14.4. The van der Waals surface area contributed by atoms with Crippen LogP contribution in [0.1, 0.15) is 42.6 Å². The summed E-state index contributed by atoms with van der Waals surface area (Å²) in [5.74, 6) is -2.49. The monoisotopic (exact) mass is 471 g/mol. The van der Waals surface area contributed by atoms with Gasteiger partial charge in [0, 0.05) is 38.3 Å². The second-order valence-electron chi connectivity index (χ2n) is 8.77. The van der Waals surface area contributed by atoms with E-state index in [0.29, 0.717) is 11.9 Å². The largest absolute Gasteiger partial charge is 0.381 e. The average molecular weight is 472 g/mol. The molecular weight excluding hydrogens is 440 g/mol. The molecule has 0 saturated carbocycles. The Morgan fingerprint density at radius 1 is 1.18 bits per heavy atom.